The number of ketones is 2. The van der Waals surface area contributed by atoms with Crippen LogP contribution in [0.3, 0.4) is 0 Å². The lowest BCUT2D eigenvalue weighted by molar-refractivity contribution is -0.155. The van der Waals surface area contributed by atoms with Crippen molar-refractivity contribution in [3.05, 3.63) is 0 Å². The monoisotopic (exact) mass is 405 g/mol. The molecule has 12 heteroatoms. The number of hydrogen-bond acceptors (Lipinski definition) is 9. The second kappa shape index (κ2) is 17.5. The van der Waals surface area contributed by atoms with E-state index in [1.54, 1.807) is 0 Å². The van der Waals surface area contributed by atoms with Crippen molar-refractivity contribution in [3.8, 4) is 0 Å². The number of hydrogen-bond donors (Lipinski definition) is 3. The van der Waals surface area contributed by atoms with Gasteiger partial charge in [-0.2, -0.15) is 0 Å². The third-order valence-corrected chi connectivity index (χ3v) is 2.43. The lowest BCUT2D eigenvalue weighted by Crippen LogP contribution is -2.38. The SMILES string of the molecule is COCC(=O)NCC(C)=O.COCOC(=O)CC(=O)NCNC(=O)CC(C)=O. The van der Waals surface area contributed by atoms with Gasteiger partial charge in [-0.1, -0.05) is 0 Å². The zero-order chi connectivity index (χ0) is 21.9. The number of carbonyl (C=O) groups excluding carboxylic acids is 6. The molecule has 0 aromatic heterocycles. The second-order valence-corrected chi connectivity index (χ2v) is 5.27. The van der Waals surface area contributed by atoms with Crippen LogP contribution in [0.4, 0.5) is 0 Å². The molecule has 0 saturated heterocycles. The molecule has 3 amide bonds. The summed E-state index contributed by atoms with van der Waals surface area (Å²) in [4.78, 5) is 64.5. The van der Waals surface area contributed by atoms with Gasteiger partial charge in [0.15, 0.2) is 6.79 Å². The highest BCUT2D eigenvalue weighted by atomic mass is 16.7. The van der Waals surface area contributed by atoms with Crippen LogP contribution >= 0.6 is 0 Å². The van der Waals surface area contributed by atoms with E-state index in [4.69, 9.17) is 0 Å². The van der Waals surface area contributed by atoms with Gasteiger partial charge in [-0.15, -0.1) is 0 Å². The fraction of sp³-hybridized carbons (Fsp3) is 0.625. The van der Waals surface area contributed by atoms with Gasteiger partial charge in [-0.25, -0.2) is 0 Å². The van der Waals surface area contributed by atoms with Crippen LogP contribution in [0.5, 0.6) is 0 Å². The Morgan fingerprint density at radius 3 is 1.75 bits per heavy atom. The molecule has 3 N–H and O–H groups in total. The lowest BCUT2D eigenvalue weighted by Gasteiger charge is -2.06. The summed E-state index contributed by atoms with van der Waals surface area (Å²) in [6.45, 7) is 2.41. The summed E-state index contributed by atoms with van der Waals surface area (Å²) in [6, 6.07) is 0. The number of rotatable bonds is 12. The number of esters is 1. The Morgan fingerprint density at radius 1 is 0.714 bits per heavy atom. The van der Waals surface area contributed by atoms with Crippen molar-refractivity contribution in [2.45, 2.75) is 26.7 Å². The zero-order valence-corrected chi connectivity index (χ0v) is 16.4. The highest BCUT2D eigenvalue weighted by Gasteiger charge is 2.10. The summed E-state index contributed by atoms with van der Waals surface area (Å²) in [5.74, 6) is -2.43. The van der Waals surface area contributed by atoms with E-state index in [9.17, 15) is 28.8 Å². The van der Waals surface area contributed by atoms with Gasteiger partial charge in [0.1, 0.15) is 24.6 Å². The van der Waals surface area contributed by atoms with Gasteiger partial charge in [0.25, 0.3) is 0 Å². The van der Waals surface area contributed by atoms with Gasteiger partial charge in [0.2, 0.25) is 17.7 Å². The molecule has 28 heavy (non-hydrogen) atoms. The summed E-state index contributed by atoms with van der Waals surface area (Å²) in [5, 5.41) is 6.93. The minimum atomic E-state index is -0.732. The molecule has 0 radical (unpaired) electrons. The molecule has 0 aromatic carbocycles. The molecule has 0 aliphatic heterocycles. The lowest BCUT2D eigenvalue weighted by atomic mass is 10.3. The normalized spacial score (nSPS) is 9.29. The van der Waals surface area contributed by atoms with Gasteiger partial charge < -0.3 is 30.2 Å². The second-order valence-electron chi connectivity index (χ2n) is 5.27. The Morgan fingerprint density at radius 2 is 1.29 bits per heavy atom. The van der Waals surface area contributed by atoms with E-state index in [-0.39, 0.29) is 50.5 Å². The predicted molar refractivity (Wildman–Crippen MR) is 94.6 cm³/mol. The first-order valence-corrected chi connectivity index (χ1v) is 8.04. The number of carbonyl (C=O) groups is 6. The molecule has 0 fully saturated rings. The maximum atomic E-state index is 11.1. The van der Waals surface area contributed by atoms with Gasteiger partial charge in [-0.05, 0) is 13.8 Å². The maximum Gasteiger partial charge on any atom is 0.317 e. The Kier molecular flexibility index (Phi) is 17.1. The van der Waals surface area contributed by atoms with E-state index in [0.29, 0.717) is 0 Å². The molecule has 0 aliphatic carbocycles. The largest absolute Gasteiger partial charge is 0.438 e. The van der Waals surface area contributed by atoms with Crippen LogP contribution in [-0.2, 0) is 43.0 Å². The van der Waals surface area contributed by atoms with E-state index in [1.807, 2.05) is 0 Å². The Bertz CT molecular complexity index is 549. The molecular formula is C16H27N3O9. The van der Waals surface area contributed by atoms with Gasteiger partial charge in [0, 0.05) is 14.2 Å². The van der Waals surface area contributed by atoms with Crippen LogP contribution in [0.15, 0.2) is 0 Å². The molecule has 0 aliphatic rings. The Hall–Kier alpha value is -2.86. The van der Waals surface area contributed by atoms with Crippen LogP contribution in [0.2, 0.25) is 0 Å². The van der Waals surface area contributed by atoms with Crippen molar-refractivity contribution in [3.63, 3.8) is 0 Å². The highest BCUT2D eigenvalue weighted by Crippen LogP contribution is 1.87. The maximum absolute atomic E-state index is 11.1. The average molecular weight is 405 g/mol. The third kappa shape index (κ3) is 21.2. The third-order valence-electron chi connectivity index (χ3n) is 2.43. The average Bonchev–Trinajstić information content (AvgIpc) is 2.58. The molecule has 0 atom stereocenters. The highest BCUT2D eigenvalue weighted by molar-refractivity contribution is 5.97. The fourth-order valence-corrected chi connectivity index (χ4v) is 1.30. The van der Waals surface area contributed by atoms with Crippen LogP contribution in [-0.4, -0.2) is 76.1 Å². The Labute approximate surface area is 162 Å². The predicted octanol–water partition coefficient (Wildman–Crippen LogP) is -1.97. The Balaban J connectivity index is 0. The first-order chi connectivity index (χ1) is 13.1. The van der Waals surface area contributed by atoms with Crippen LogP contribution < -0.4 is 16.0 Å². The van der Waals surface area contributed by atoms with Crippen molar-refractivity contribution >= 4 is 35.3 Å². The number of ether oxygens (including phenoxy) is 3. The molecular weight excluding hydrogens is 378 g/mol. The minimum absolute atomic E-state index is 0.00722. The first kappa shape index (κ1) is 27.4. The molecule has 0 unspecified atom stereocenters. The van der Waals surface area contributed by atoms with E-state index in [1.165, 1.54) is 28.1 Å². The van der Waals surface area contributed by atoms with Crippen molar-refractivity contribution in [2.24, 2.45) is 0 Å². The standard InChI is InChI=1S/C10H16N2O6.C6H11NO3/c1-7(13)3-8(14)11-5-12-9(15)4-10(16)18-6-17-2;1-5(8)3-7-6(9)4-10-2/h3-6H2,1-2H3,(H,11,14)(H,12,15);3-4H2,1-2H3,(H,7,9). The quantitative estimate of drug-likeness (QED) is 0.190. The van der Waals surface area contributed by atoms with Crippen LogP contribution in [0.25, 0.3) is 0 Å². The van der Waals surface area contributed by atoms with Gasteiger partial charge in [0.05, 0.1) is 19.6 Å². The van der Waals surface area contributed by atoms with E-state index >= 15 is 0 Å². The van der Waals surface area contributed by atoms with E-state index in [0.717, 1.165) is 0 Å². The van der Waals surface area contributed by atoms with Crippen molar-refractivity contribution in [1.29, 1.82) is 0 Å². The number of nitrogens with one attached hydrogen (secondary N) is 3. The molecule has 160 valence electrons. The molecule has 0 spiro atoms. The number of amides is 3. The number of methoxy groups -OCH3 is 2. The molecule has 12 nitrogen and oxygen atoms in total. The molecule has 0 bridgehead atoms. The fourth-order valence-electron chi connectivity index (χ4n) is 1.30. The smallest absolute Gasteiger partial charge is 0.317 e. The van der Waals surface area contributed by atoms with Crippen molar-refractivity contribution in [1.82, 2.24) is 16.0 Å². The summed E-state index contributed by atoms with van der Waals surface area (Å²) in [7, 11) is 2.77. The summed E-state index contributed by atoms with van der Waals surface area (Å²) in [6.07, 6.45) is -0.711. The summed E-state index contributed by atoms with van der Waals surface area (Å²) in [5.41, 5.74) is 0. The molecule has 0 saturated carbocycles. The summed E-state index contributed by atoms with van der Waals surface area (Å²) >= 11 is 0. The first-order valence-electron chi connectivity index (χ1n) is 8.04. The summed E-state index contributed by atoms with van der Waals surface area (Å²) < 4.78 is 13.5. The molecule has 0 rings (SSSR count). The molecule has 0 heterocycles. The van der Waals surface area contributed by atoms with Crippen molar-refractivity contribution in [2.75, 3.05) is 40.8 Å². The molecule has 0 aromatic rings. The zero-order valence-electron chi connectivity index (χ0n) is 16.4. The minimum Gasteiger partial charge on any atom is -0.438 e. The van der Waals surface area contributed by atoms with E-state index in [2.05, 4.69) is 30.2 Å². The van der Waals surface area contributed by atoms with Crippen LogP contribution in [0, 0.1) is 0 Å². The topological polar surface area (TPSA) is 166 Å². The van der Waals surface area contributed by atoms with Gasteiger partial charge in [-0.3, -0.25) is 28.8 Å². The van der Waals surface area contributed by atoms with Crippen molar-refractivity contribution < 1.29 is 43.0 Å². The van der Waals surface area contributed by atoms with Gasteiger partial charge >= 0.3 is 5.97 Å². The van der Waals surface area contributed by atoms with Crippen LogP contribution in [0.1, 0.15) is 26.7 Å². The van der Waals surface area contributed by atoms with E-state index < -0.39 is 24.2 Å². The number of Topliss-reactive ketones (excluding diaryl/α,β-unsaturated/α-hetero) is 2.